The largest absolute Gasteiger partial charge is 0.490 e. The molecule has 0 radical (unpaired) electrons. The number of carbonyl (C=O) groups is 2. The highest BCUT2D eigenvalue weighted by molar-refractivity contribution is 7.99. The molecule has 1 amide bonds. The molecule has 1 unspecified atom stereocenters. The average molecular weight is 342 g/mol. The summed E-state index contributed by atoms with van der Waals surface area (Å²) in [5, 5.41) is 22.1. The van der Waals surface area contributed by atoms with Gasteiger partial charge in [0.05, 0.1) is 24.2 Å². The number of rotatable bonds is 9. The Morgan fingerprint density at radius 3 is 2.74 bits per heavy atom. The summed E-state index contributed by atoms with van der Waals surface area (Å²) in [5.74, 6) is -0.498. The molecule has 23 heavy (non-hydrogen) atoms. The fourth-order valence-corrected chi connectivity index (χ4v) is 2.65. The molecule has 9 heteroatoms. The van der Waals surface area contributed by atoms with E-state index in [1.54, 1.807) is 13.0 Å². The summed E-state index contributed by atoms with van der Waals surface area (Å²) in [6, 6.07) is 4.19. The molecule has 0 saturated heterocycles. The third kappa shape index (κ3) is 6.55. The number of ether oxygens (including phenoxy) is 1. The van der Waals surface area contributed by atoms with E-state index in [1.807, 2.05) is 0 Å². The van der Waals surface area contributed by atoms with Crippen LogP contribution in [0.3, 0.4) is 0 Å². The second-order valence-electron chi connectivity index (χ2n) is 4.82. The van der Waals surface area contributed by atoms with Gasteiger partial charge in [-0.15, -0.1) is 11.8 Å². The van der Waals surface area contributed by atoms with E-state index < -0.39 is 16.9 Å². The van der Waals surface area contributed by atoms with Crippen LogP contribution in [0.5, 0.6) is 5.75 Å². The average Bonchev–Trinajstić information content (AvgIpc) is 2.45. The molecular weight excluding hydrogens is 324 g/mol. The zero-order valence-corrected chi connectivity index (χ0v) is 13.6. The number of methoxy groups -OCH3 is 1. The van der Waals surface area contributed by atoms with Gasteiger partial charge in [-0.3, -0.25) is 19.7 Å². The number of nitrogens with zero attached hydrogens (tertiary/aromatic N) is 1. The monoisotopic (exact) mass is 342 g/mol. The topological polar surface area (TPSA) is 119 Å². The summed E-state index contributed by atoms with van der Waals surface area (Å²) in [6.07, 6.45) is -0.138. The normalized spacial score (nSPS) is 11.6. The second kappa shape index (κ2) is 8.99. The van der Waals surface area contributed by atoms with Crippen LogP contribution in [0.1, 0.15) is 18.9 Å². The number of carboxylic acids is 1. The number of hydrogen-bond donors (Lipinski definition) is 2. The van der Waals surface area contributed by atoms with Crippen molar-refractivity contribution in [1.29, 1.82) is 0 Å². The molecule has 0 fully saturated rings. The summed E-state index contributed by atoms with van der Waals surface area (Å²) in [4.78, 5) is 32.6. The van der Waals surface area contributed by atoms with Gasteiger partial charge < -0.3 is 15.2 Å². The number of benzene rings is 1. The predicted molar refractivity (Wildman–Crippen MR) is 85.7 cm³/mol. The van der Waals surface area contributed by atoms with Crippen LogP contribution < -0.4 is 10.1 Å². The molecule has 1 rings (SSSR count). The highest BCUT2D eigenvalue weighted by Gasteiger charge is 2.15. The van der Waals surface area contributed by atoms with E-state index in [2.05, 4.69) is 5.32 Å². The quantitative estimate of drug-likeness (QED) is 0.519. The van der Waals surface area contributed by atoms with E-state index in [-0.39, 0.29) is 29.5 Å². The molecule has 126 valence electrons. The molecule has 1 aromatic carbocycles. The Bertz CT molecular complexity index is 593. The number of nitro groups is 1. The zero-order valence-electron chi connectivity index (χ0n) is 12.8. The van der Waals surface area contributed by atoms with Crippen molar-refractivity contribution in [2.45, 2.75) is 25.1 Å². The van der Waals surface area contributed by atoms with Crippen LogP contribution in [0.4, 0.5) is 5.69 Å². The summed E-state index contributed by atoms with van der Waals surface area (Å²) < 4.78 is 4.92. The first-order valence-electron chi connectivity index (χ1n) is 6.73. The van der Waals surface area contributed by atoms with Crippen molar-refractivity contribution in [2.24, 2.45) is 0 Å². The third-order valence-corrected chi connectivity index (χ3v) is 3.83. The third-order valence-electron chi connectivity index (χ3n) is 2.83. The first-order chi connectivity index (χ1) is 10.8. The minimum absolute atomic E-state index is 0.120. The standard InChI is InChI=1S/C14H18N2O6S/c1-9(5-14(18)19)15-13(17)8-23-7-10-3-4-12(22-2)11(6-10)16(20)21/h3-4,6,9H,5,7-8H2,1-2H3,(H,15,17)(H,18,19). The highest BCUT2D eigenvalue weighted by Crippen LogP contribution is 2.28. The number of nitro benzene ring substituents is 1. The Labute approximate surface area is 137 Å². The molecule has 0 aliphatic carbocycles. The van der Waals surface area contributed by atoms with Crippen molar-refractivity contribution in [3.63, 3.8) is 0 Å². The molecule has 0 bridgehead atoms. The number of nitrogens with one attached hydrogen (secondary N) is 1. The highest BCUT2D eigenvalue weighted by atomic mass is 32.2. The molecule has 0 heterocycles. The summed E-state index contributed by atoms with van der Waals surface area (Å²) in [5.41, 5.74) is 0.582. The molecule has 1 atom stereocenters. The lowest BCUT2D eigenvalue weighted by Gasteiger charge is -2.11. The van der Waals surface area contributed by atoms with Crippen LogP contribution in [0, 0.1) is 10.1 Å². The summed E-state index contributed by atoms with van der Waals surface area (Å²) >= 11 is 1.29. The van der Waals surface area contributed by atoms with Crippen LogP contribution in [-0.4, -0.2) is 40.8 Å². The first-order valence-corrected chi connectivity index (χ1v) is 7.89. The lowest BCUT2D eigenvalue weighted by molar-refractivity contribution is -0.385. The fourth-order valence-electron chi connectivity index (χ4n) is 1.86. The minimum Gasteiger partial charge on any atom is -0.490 e. The van der Waals surface area contributed by atoms with Gasteiger partial charge in [-0.05, 0) is 18.6 Å². The number of aliphatic carboxylic acids is 1. The van der Waals surface area contributed by atoms with E-state index in [9.17, 15) is 19.7 Å². The van der Waals surface area contributed by atoms with E-state index in [0.717, 1.165) is 0 Å². The van der Waals surface area contributed by atoms with Gasteiger partial charge in [-0.1, -0.05) is 6.07 Å². The van der Waals surface area contributed by atoms with E-state index in [4.69, 9.17) is 9.84 Å². The number of amides is 1. The first kappa shape index (κ1) is 18.8. The maximum Gasteiger partial charge on any atom is 0.311 e. The van der Waals surface area contributed by atoms with Gasteiger partial charge in [0.2, 0.25) is 5.91 Å². The number of hydrogen-bond acceptors (Lipinski definition) is 6. The Balaban J connectivity index is 2.49. The molecule has 1 aromatic rings. The molecule has 0 aromatic heterocycles. The van der Waals surface area contributed by atoms with Crippen LogP contribution in [0.2, 0.25) is 0 Å². The molecular formula is C14H18N2O6S. The van der Waals surface area contributed by atoms with Crippen molar-refractivity contribution in [3.8, 4) is 5.75 Å². The zero-order chi connectivity index (χ0) is 17.4. The lowest BCUT2D eigenvalue weighted by Crippen LogP contribution is -2.35. The lowest BCUT2D eigenvalue weighted by atomic mass is 10.2. The van der Waals surface area contributed by atoms with Gasteiger partial charge in [-0.25, -0.2) is 0 Å². The number of thioether (sulfide) groups is 1. The Kier molecular flexibility index (Phi) is 7.33. The van der Waals surface area contributed by atoms with Gasteiger partial charge in [0.15, 0.2) is 5.75 Å². The van der Waals surface area contributed by atoms with Crippen molar-refractivity contribution in [3.05, 3.63) is 33.9 Å². The van der Waals surface area contributed by atoms with Gasteiger partial charge >= 0.3 is 11.7 Å². The van der Waals surface area contributed by atoms with Gasteiger partial charge in [0.1, 0.15) is 0 Å². The van der Waals surface area contributed by atoms with E-state index >= 15 is 0 Å². The van der Waals surface area contributed by atoms with Gasteiger partial charge in [-0.2, -0.15) is 0 Å². The van der Waals surface area contributed by atoms with Crippen molar-refractivity contribution in [2.75, 3.05) is 12.9 Å². The summed E-state index contributed by atoms with van der Waals surface area (Å²) in [6.45, 7) is 1.61. The van der Waals surface area contributed by atoms with E-state index in [0.29, 0.717) is 11.3 Å². The van der Waals surface area contributed by atoms with Crippen molar-refractivity contribution < 1.29 is 24.4 Å². The molecule has 2 N–H and O–H groups in total. The van der Waals surface area contributed by atoms with Gasteiger partial charge in [0.25, 0.3) is 0 Å². The Morgan fingerprint density at radius 2 is 2.17 bits per heavy atom. The number of carboxylic acid groups (broad SMARTS) is 1. The van der Waals surface area contributed by atoms with Crippen molar-refractivity contribution >= 4 is 29.3 Å². The number of carbonyl (C=O) groups excluding carboxylic acids is 1. The molecule has 0 aliphatic rings. The predicted octanol–water partition coefficient (Wildman–Crippen LogP) is 1.82. The smallest absolute Gasteiger partial charge is 0.311 e. The van der Waals surface area contributed by atoms with Crippen LogP contribution in [0.25, 0.3) is 0 Å². The molecule has 0 aliphatic heterocycles. The maximum absolute atomic E-state index is 11.6. The fraction of sp³-hybridized carbons (Fsp3) is 0.429. The SMILES string of the molecule is COc1ccc(CSCC(=O)NC(C)CC(=O)O)cc1[N+](=O)[O-]. The Hall–Kier alpha value is -2.29. The van der Waals surface area contributed by atoms with Crippen LogP contribution in [0.15, 0.2) is 18.2 Å². The molecule has 0 saturated carbocycles. The molecule has 0 spiro atoms. The van der Waals surface area contributed by atoms with Crippen molar-refractivity contribution in [1.82, 2.24) is 5.32 Å². The Morgan fingerprint density at radius 1 is 1.48 bits per heavy atom. The molecule has 8 nitrogen and oxygen atoms in total. The second-order valence-corrected chi connectivity index (χ2v) is 5.81. The van der Waals surface area contributed by atoms with Crippen LogP contribution in [-0.2, 0) is 15.3 Å². The van der Waals surface area contributed by atoms with Gasteiger partial charge in [0, 0.05) is 17.9 Å². The maximum atomic E-state index is 11.6. The minimum atomic E-state index is -0.976. The summed E-state index contributed by atoms with van der Waals surface area (Å²) in [7, 11) is 1.36. The van der Waals surface area contributed by atoms with Crippen LogP contribution >= 0.6 is 11.8 Å². The van der Waals surface area contributed by atoms with E-state index in [1.165, 1.54) is 31.0 Å².